The van der Waals surface area contributed by atoms with Crippen molar-refractivity contribution < 1.29 is 12.8 Å². The van der Waals surface area contributed by atoms with Gasteiger partial charge in [-0.25, -0.2) is 22.9 Å². The monoisotopic (exact) mass is 349 g/mol. The van der Waals surface area contributed by atoms with Crippen LogP contribution in [0, 0.1) is 5.82 Å². The van der Waals surface area contributed by atoms with Crippen LogP contribution in [0.25, 0.3) is 17.2 Å². The fraction of sp³-hybridized carbons (Fsp3) is 0.235. The number of aromatic nitrogens is 1. The van der Waals surface area contributed by atoms with Gasteiger partial charge in [-0.1, -0.05) is 12.1 Å². The van der Waals surface area contributed by atoms with Crippen molar-refractivity contribution in [3.63, 3.8) is 0 Å². The molecule has 0 fully saturated rings. The standard InChI is InChI=1S/C17H20FN3O2S/c1-12(2)21(3)17-16(13-4-6-14(18)7-5-13)9-8-15(20-17)10-11-24(19,22)23/h4-12H,1-3H3,(H2,19,22,23)/b11-10+. The van der Waals surface area contributed by atoms with E-state index in [1.165, 1.54) is 18.2 Å². The summed E-state index contributed by atoms with van der Waals surface area (Å²) < 4.78 is 35.3. The number of hydrogen-bond donors (Lipinski definition) is 1. The summed E-state index contributed by atoms with van der Waals surface area (Å²) in [6.07, 6.45) is 1.35. The molecule has 0 atom stereocenters. The Morgan fingerprint density at radius 2 is 1.79 bits per heavy atom. The van der Waals surface area contributed by atoms with E-state index in [2.05, 4.69) is 4.98 Å². The lowest BCUT2D eigenvalue weighted by molar-refractivity contribution is 0.606. The van der Waals surface area contributed by atoms with Gasteiger partial charge in [0.25, 0.3) is 0 Å². The number of sulfonamides is 1. The zero-order valence-corrected chi connectivity index (χ0v) is 14.6. The fourth-order valence-corrected chi connectivity index (χ4v) is 2.42. The third-order valence-corrected chi connectivity index (χ3v) is 4.10. The molecule has 24 heavy (non-hydrogen) atoms. The number of benzene rings is 1. The highest BCUT2D eigenvalue weighted by Crippen LogP contribution is 2.30. The van der Waals surface area contributed by atoms with Crippen LogP contribution < -0.4 is 10.0 Å². The average molecular weight is 349 g/mol. The first kappa shape index (κ1) is 18.1. The van der Waals surface area contributed by atoms with Crippen LogP contribution in [0.2, 0.25) is 0 Å². The van der Waals surface area contributed by atoms with Crippen molar-refractivity contribution in [2.75, 3.05) is 11.9 Å². The topological polar surface area (TPSA) is 76.3 Å². The summed E-state index contributed by atoms with van der Waals surface area (Å²) in [5.74, 6) is 0.367. The number of nitrogens with zero attached hydrogens (tertiary/aromatic N) is 2. The van der Waals surface area contributed by atoms with Crippen molar-refractivity contribution >= 4 is 21.9 Å². The molecule has 0 bridgehead atoms. The maximum absolute atomic E-state index is 13.2. The van der Waals surface area contributed by atoms with Gasteiger partial charge in [-0.05, 0) is 49.8 Å². The Morgan fingerprint density at radius 3 is 2.33 bits per heavy atom. The SMILES string of the molecule is CC(C)N(C)c1nc(/C=C/S(N)(=O)=O)ccc1-c1ccc(F)cc1. The highest BCUT2D eigenvalue weighted by atomic mass is 32.2. The first-order valence-corrected chi connectivity index (χ1v) is 8.99. The van der Waals surface area contributed by atoms with E-state index >= 15 is 0 Å². The molecule has 128 valence electrons. The summed E-state index contributed by atoms with van der Waals surface area (Å²) in [6, 6.07) is 9.85. The second kappa shape index (κ2) is 7.11. The first-order valence-electron chi connectivity index (χ1n) is 7.38. The third kappa shape index (κ3) is 4.62. The Balaban J connectivity index is 2.54. The normalized spacial score (nSPS) is 12.1. The molecule has 0 aliphatic carbocycles. The number of rotatable bonds is 5. The van der Waals surface area contributed by atoms with E-state index in [9.17, 15) is 12.8 Å². The molecule has 0 amide bonds. The zero-order valence-electron chi connectivity index (χ0n) is 13.8. The molecule has 0 aliphatic heterocycles. The summed E-state index contributed by atoms with van der Waals surface area (Å²) in [6.45, 7) is 4.03. The third-order valence-electron chi connectivity index (χ3n) is 3.59. The second-order valence-electron chi connectivity index (χ2n) is 5.71. The summed E-state index contributed by atoms with van der Waals surface area (Å²) in [5.41, 5.74) is 2.13. The molecule has 2 N–H and O–H groups in total. The molecular formula is C17H20FN3O2S. The van der Waals surface area contributed by atoms with Gasteiger partial charge in [0, 0.05) is 24.1 Å². The zero-order chi connectivity index (χ0) is 17.9. The van der Waals surface area contributed by atoms with E-state index < -0.39 is 10.0 Å². The summed E-state index contributed by atoms with van der Waals surface area (Å²) in [4.78, 5) is 6.49. The molecule has 7 heteroatoms. The van der Waals surface area contributed by atoms with Crippen LogP contribution in [0.1, 0.15) is 19.5 Å². The molecule has 0 spiro atoms. The fourth-order valence-electron chi connectivity index (χ4n) is 2.09. The van der Waals surface area contributed by atoms with Gasteiger partial charge in [0.15, 0.2) is 0 Å². The van der Waals surface area contributed by atoms with Crippen LogP contribution in [0.15, 0.2) is 41.8 Å². The molecule has 0 radical (unpaired) electrons. The minimum atomic E-state index is -3.71. The molecular weight excluding hydrogens is 329 g/mol. The number of nitrogens with two attached hydrogens (primary N) is 1. The van der Waals surface area contributed by atoms with Gasteiger partial charge in [-0.2, -0.15) is 0 Å². The minimum Gasteiger partial charge on any atom is -0.357 e. The number of halogens is 1. The lowest BCUT2D eigenvalue weighted by Gasteiger charge is -2.25. The van der Waals surface area contributed by atoms with E-state index in [4.69, 9.17) is 5.14 Å². The Hall–Kier alpha value is -2.25. The van der Waals surface area contributed by atoms with Crippen LogP contribution in [0.3, 0.4) is 0 Å². The number of pyridine rings is 1. The van der Waals surface area contributed by atoms with Gasteiger partial charge >= 0.3 is 0 Å². The Kier molecular flexibility index (Phi) is 5.36. The molecule has 0 saturated carbocycles. The van der Waals surface area contributed by atoms with Crippen molar-refractivity contribution in [1.29, 1.82) is 0 Å². The summed E-state index contributed by atoms with van der Waals surface area (Å²) >= 11 is 0. The van der Waals surface area contributed by atoms with E-state index in [0.29, 0.717) is 11.5 Å². The molecule has 1 heterocycles. The highest BCUT2D eigenvalue weighted by Gasteiger charge is 2.14. The second-order valence-corrected chi connectivity index (χ2v) is 7.16. The van der Waals surface area contributed by atoms with Crippen LogP contribution in [0.4, 0.5) is 10.2 Å². The van der Waals surface area contributed by atoms with Crippen molar-refractivity contribution in [3.8, 4) is 11.1 Å². The quantitative estimate of drug-likeness (QED) is 0.900. The predicted molar refractivity (Wildman–Crippen MR) is 95.3 cm³/mol. The minimum absolute atomic E-state index is 0.175. The van der Waals surface area contributed by atoms with Crippen molar-refractivity contribution in [3.05, 3.63) is 53.3 Å². The van der Waals surface area contributed by atoms with Gasteiger partial charge in [0.1, 0.15) is 11.6 Å². The van der Waals surface area contributed by atoms with Gasteiger partial charge < -0.3 is 4.90 Å². The van der Waals surface area contributed by atoms with E-state index in [-0.39, 0.29) is 11.9 Å². The van der Waals surface area contributed by atoms with Crippen molar-refractivity contribution in [2.24, 2.45) is 5.14 Å². The number of primary sulfonamides is 1. The van der Waals surface area contributed by atoms with Crippen LogP contribution >= 0.6 is 0 Å². The molecule has 2 aromatic rings. The predicted octanol–water partition coefficient (Wildman–Crippen LogP) is 2.99. The lowest BCUT2D eigenvalue weighted by atomic mass is 10.0. The van der Waals surface area contributed by atoms with Gasteiger partial charge in [0.2, 0.25) is 10.0 Å². The largest absolute Gasteiger partial charge is 0.357 e. The Morgan fingerprint density at radius 1 is 1.17 bits per heavy atom. The molecule has 0 saturated heterocycles. The van der Waals surface area contributed by atoms with E-state index in [1.807, 2.05) is 31.9 Å². The highest BCUT2D eigenvalue weighted by molar-refractivity contribution is 7.92. The summed E-state index contributed by atoms with van der Waals surface area (Å²) in [5, 5.41) is 5.88. The maximum Gasteiger partial charge on any atom is 0.231 e. The lowest BCUT2D eigenvalue weighted by Crippen LogP contribution is -2.27. The van der Waals surface area contributed by atoms with Crippen LogP contribution in [-0.2, 0) is 10.0 Å². The number of anilines is 1. The Labute approximate surface area is 141 Å². The van der Waals surface area contributed by atoms with Crippen molar-refractivity contribution in [2.45, 2.75) is 19.9 Å². The number of hydrogen-bond acceptors (Lipinski definition) is 4. The smallest absolute Gasteiger partial charge is 0.231 e. The van der Waals surface area contributed by atoms with E-state index in [1.54, 1.807) is 18.2 Å². The first-order chi connectivity index (χ1) is 11.2. The molecule has 0 unspecified atom stereocenters. The van der Waals surface area contributed by atoms with Crippen molar-refractivity contribution in [1.82, 2.24) is 4.98 Å². The average Bonchev–Trinajstić information content (AvgIpc) is 2.52. The molecule has 1 aromatic heterocycles. The van der Waals surface area contributed by atoms with Gasteiger partial charge in [-0.15, -0.1) is 0 Å². The van der Waals surface area contributed by atoms with Crippen LogP contribution in [-0.4, -0.2) is 26.5 Å². The maximum atomic E-state index is 13.2. The molecule has 5 nitrogen and oxygen atoms in total. The van der Waals surface area contributed by atoms with Gasteiger partial charge in [0.05, 0.1) is 5.69 Å². The molecule has 0 aliphatic rings. The van der Waals surface area contributed by atoms with E-state index in [0.717, 1.165) is 16.5 Å². The Bertz CT molecular complexity index is 847. The molecule has 1 aromatic carbocycles. The van der Waals surface area contributed by atoms with Crippen LogP contribution in [0.5, 0.6) is 0 Å². The summed E-state index contributed by atoms with van der Waals surface area (Å²) in [7, 11) is -1.82. The molecule has 2 rings (SSSR count). The van der Waals surface area contributed by atoms with Gasteiger partial charge in [-0.3, -0.25) is 0 Å².